The number of hydrogen-bond donors (Lipinski definition) is 2. The number of H-pyrrole nitrogens is 1. The summed E-state index contributed by atoms with van der Waals surface area (Å²) in [6.07, 6.45) is 0.668. The molecule has 0 aliphatic carbocycles. The van der Waals surface area contributed by atoms with E-state index < -0.39 is 17.2 Å². The van der Waals surface area contributed by atoms with Gasteiger partial charge >= 0.3 is 5.69 Å². The van der Waals surface area contributed by atoms with Gasteiger partial charge in [0.1, 0.15) is 0 Å². The van der Waals surface area contributed by atoms with Crippen molar-refractivity contribution in [3.63, 3.8) is 0 Å². The topological polar surface area (TPSA) is 115 Å². The SMILES string of the molecule is CCCn1c(=O)[nH]c(=O)c2c(C(=O)Nc3cc(OC)c(OC)cc3C)cc(C(C)C)nc21. The molecule has 2 N–H and O–H groups in total. The van der Waals surface area contributed by atoms with Crippen LogP contribution in [0.5, 0.6) is 11.5 Å². The molecule has 0 saturated carbocycles. The van der Waals surface area contributed by atoms with Gasteiger partial charge in [-0.05, 0) is 37.0 Å². The first-order valence-corrected chi connectivity index (χ1v) is 10.4. The van der Waals surface area contributed by atoms with E-state index in [1.54, 1.807) is 18.2 Å². The van der Waals surface area contributed by atoms with Crippen LogP contribution in [0.15, 0.2) is 27.8 Å². The van der Waals surface area contributed by atoms with Gasteiger partial charge in [-0.1, -0.05) is 20.8 Å². The van der Waals surface area contributed by atoms with Crippen LogP contribution in [0.25, 0.3) is 11.0 Å². The highest BCUT2D eigenvalue weighted by molar-refractivity contribution is 6.12. The first-order chi connectivity index (χ1) is 15.2. The number of rotatable bonds is 7. The van der Waals surface area contributed by atoms with Crippen molar-refractivity contribution in [3.05, 3.63) is 55.9 Å². The van der Waals surface area contributed by atoms with Crippen LogP contribution in [-0.2, 0) is 6.54 Å². The highest BCUT2D eigenvalue weighted by Crippen LogP contribution is 2.33. The van der Waals surface area contributed by atoms with Crippen LogP contribution in [0.3, 0.4) is 0 Å². The van der Waals surface area contributed by atoms with Crippen LogP contribution < -0.4 is 26.0 Å². The molecule has 0 spiro atoms. The summed E-state index contributed by atoms with van der Waals surface area (Å²) in [7, 11) is 3.05. The lowest BCUT2D eigenvalue weighted by Gasteiger charge is -2.16. The molecule has 3 rings (SSSR count). The van der Waals surface area contributed by atoms with Gasteiger partial charge in [-0.2, -0.15) is 0 Å². The maximum atomic E-state index is 13.4. The van der Waals surface area contributed by atoms with Gasteiger partial charge in [0.15, 0.2) is 17.1 Å². The molecule has 1 amide bonds. The average molecular weight is 441 g/mol. The molecule has 0 atom stereocenters. The van der Waals surface area contributed by atoms with Crippen molar-refractivity contribution < 1.29 is 14.3 Å². The number of anilines is 1. The zero-order valence-corrected chi connectivity index (χ0v) is 19.2. The minimum absolute atomic E-state index is 0.0155. The normalized spacial score (nSPS) is 11.1. The summed E-state index contributed by atoms with van der Waals surface area (Å²) < 4.78 is 12.0. The summed E-state index contributed by atoms with van der Waals surface area (Å²) in [6, 6.07) is 5.02. The quantitative estimate of drug-likeness (QED) is 0.583. The summed E-state index contributed by atoms with van der Waals surface area (Å²) in [4.78, 5) is 45.4. The second kappa shape index (κ2) is 9.25. The third-order valence-electron chi connectivity index (χ3n) is 5.23. The number of benzene rings is 1. The van der Waals surface area contributed by atoms with Crippen LogP contribution in [-0.4, -0.2) is 34.7 Å². The number of amides is 1. The third-order valence-corrected chi connectivity index (χ3v) is 5.23. The number of pyridine rings is 1. The van der Waals surface area contributed by atoms with Gasteiger partial charge in [0, 0.05) is 24.0 Å². The Labute approximate surface area is 185 Å². The molecule has 9 nitrogen and oxygen atoms in total. The molecule has 3 aromatic rings. The fraction of sp³-hybridized carbons (Fsp3) is 0.391. The van der Waals surface area contributed by atoms with E-state index in [0.29, 0.717) is 35.8 Å². The Balaban J connectivity index is 2.22. The largest absolute Gasteiger partial charge is 0.493 e. The van der Waals surface area contributed by atoms with E-state index in [4.69, 9.17) is 9.47 Å². The zero-order valence-electron chi connectivity index (χ0n) is 19.2. The van der Waals surface area contributed by atoms with Gasteiger partial charge in [-0.25, -0.2) is 9.78 Å². The number of methoxy groups -OCH3 is 2. The molecule has 0 unspecified atom stereocenters. The zero-order chi connectivity index (χ0) is 23.6. The lowest BCUT2D eigenvalue weighted by molar-refractivity contribution is 0.102. The lowest BCUT2D eigenvalue weighted by atomic mass is 10.0. The molecule has 32 heavy (non-hydrogen) atoms. The molecule has 0 radical (unpaired) electrons. The number of ether oxygens (including phenoxy) is 2. The van der Waals surface area contributed by atoms with Crippen molar-refractivity contribution in [2.75, 3.05) is 19.5 Å². The Morgan fingerprint density at radius 1 is 1.16 bits per heavy atom. The van der Waals surface area contributed by atoms with Gasteiger partial charge in [0.05, 0.1) is 25.2 Å². The van der Waals surface area contributed by atoms with Gasteiger partial charge < -0.3 is 14.8 Å². The van der Waals surface area contributed by atoms with Gasteiger partial charge in [0.25, 0.3) is 11.5 Å². The van der Waals surface area contributed by atoms with E-state index >= 15 is 0 Å². The van der Waals surface area contributed by atoms with E-state index in [-0.39, 0.29) is 22.5 Å². The maximum absolute atomic E-state index is 13.4. The Morgan fingerprint density at radius 3 is 2.41 bits per heavy atom. The van der Waals surface area contributed by atoms with Crippen molar-refractivity contribution in [1.29, 1.82) is 0 Å². The third kappa shape index (κ3) is 4.23. The van der Waals surface area contributed by atoms with E-state index in [1.165, 1.54) is 18.8 Å². The number of carbonyl (C=O) groups is 1. The second-order valence-corrected chi connectivity index (χ2v) is 7.84. The molecule has 0 aliphatic heterocycles. The average Bonchev–Trinajstić information content (AvgIpc) is 2.76. The second-order valence-electron chi connectivity index (χ2n) is 7.84. The van der Waals surface area contributed by atoms with E-state index in [2.05, 4.69) is 15.3 Å². The summed E-state index contributed by atoms with van der Waals surface area (Å²) in [5.41, 5.74) is 1.06. The van der Waals surface area contributed by atoms with Crippen molar-refractivity contribution in [2.24, 2.45) is 0 Å². The predicted molar refractivity (Wildman–Crippen MR) is 123 cm³/mol. The fourth-order valence-corrected chi connectivity index (χ4v) is 3.50. The molecule has 2 aromatic heterocycles. The highest BCUT2D eigenvalue weighted by Gasteiger charge is 2.21. The molecule has 0 bridgehead atoms. The van der Waals surface area contributed by atoms with Crippen LogP contribution in [0, 0.1) is 6.92 Å². The molecule has 0 fully saturated rings. The number of hydrogen-bond acceptors (Lipinski definition) is 6. The smallest absolute Gasteiger partial charge is 0.329 e. The number of nitrogens with one attached hydrogen (secondary N) is 2. The van der Waals surface area contributed by atoms with E-state index in [0.717, 1.165) is 5.56 Å². The Morgan fingerprint density at radius 2 is 1.81 bits per heavy atom. The number of carbonyl (C=O) groups excluding carboxylic acids is 1. The number of aryl methyl sites for hydroxylation is 2. The van der Waals surface area contributed by atoms with Crippen LogP contribution in [0.1, 0.15) is 54.7 Å². The molecule has 170 valence electrons. The summed E-state index contributed by atoms with van der Waals surface area (Å²) in [6.45, 7) is 7.99. The number of fused-ring (bicyclic) bond motifs is 1. The number of nitrogens with zero attached hydrogens (tertiary/aromatic N) is 2. The Kier molecular flexibility index (Phi) is 6.67. The molecule has 1 aromatic carbocycles. The minimum Gasteiger partial charge on any atom is -0.493 e. The fourth-order valence-electron chi connectivity index (χ4n) is 3.50. The van der Waals surface area contributed by atoms with Crippen LogP contribution >= 0.6 is 0 Å². The molecule has 2 heterocycles. The Bertz CT molecular complexity index is 1290. The van der Waals surface area contributed by atoms with Crippen molar-refractivity contribution in [3.8, 4) is 11.5 Å². The molecular formula is C23H28N4O5. The van der Waals surface area contributed by atoms with Gasteiger partial charge in [-0.3, -0.25) is 19.1 Å². The monoisotopic (exact) mass is 440 g/mol. The first kappa shape index (κ1) is 23.1. The van der Waals surface area contributed by atoms with E-state index in [9.17, 15) is 14.4 Å². The molecule has 0 saturated heterocycles. The maximum Gasteiger partial charge on any atom is 0.329 e. The van der Waals surface area contributed by atoms with Gasteiger partial charge in [0.2, 0.25) is 0 Å². The predicted octanol–water partition coefficient (Wildman–Crippen LogP) is 3.20. The van der Waals surface area contributed by atoms with E-state index in [1.807, 2.05) is 27.7 Å². The Hall–Kier alpha value is -3.62. The van der Waals surface area contributed by atoms with Gasteiger partial charge in [-0.15, -0.1) is 0 Å². The summed E-state index contributed by atoms with van der Waals surface area (Å²) in [5, 5.41) is 2.94. The molecule has 9 heteroatoms. The van der Waals surface area contributed by atoms with Crippen molar-refractivity contribution in [2.45, 2.75) is 46.6 Å². The lowest BCUT2D eigenvalue weighted by Crippen LogP contribution is -2.32. The highest BCUT2D eigenvalue weighted by atomic mass is 16.5. The first-order valence-electron chi connectivity index (χ1n) is 10.4. The van der Waals surface area contributed by atoms with Crippen LogP contribution in [0.4, 0.5) is 5.69 Å². The standard InChI is InChI=1S/C23H28N4O5/c1-7-8-27-20-19(22(29)26-23(27)30)14(10-15(24-20)12(2)3)21(28)25-16-11-18(32-6)17(31-5)9-13(16)4/h9-12H,7-8H2,1-6H3,(H,25,28)(H,26,29,30). The number of aromatic amines is 1. The summed E-state index contributed by atoms with van der Waals surface area (Å²) >= 11 is 0. The number of aromatic nitrogens is 3. The van der Waals surface area contributed by atoms with Crippen LogP contribution in [0.2, 0.25) is 0 Å². The summed E-state index contributed by atoms with van der Waals surface area (Å²) in [5.74, 6) is 0.505. The molecule has 0 aliphatic rings. The molecular weight excluding hydrogens is 412 g/mol. The van der Waals surface area contributed by atoms with Crippen molar-refractivity contribution >= 4 is 22.6 Å². The minimum atomic E-state index is -0.644. The van der Waals surface area contributed by atoms with Crippen molar-refractivity contribution in [1.82, 2.24) is 14.5 Å².